The molecule has 0 aromatic heterocycles. The van der Waals surface area contributed by atoms with Crippen LogP contribution in [0.5, 0.6) is 0 Å². The number of carboxylic acid groups (broad SMARTS) is 1. The molecule has 0 fully saturated rings. The number of ether oxygens (including phenoxy) is 1. The molecule has 0 saturated carbocycles. The highest BCUT2D eigenvalue weighted by Crippen LogP contribution is 2.32. The van der Waals surface area contributed by atoms with Gasteiger partial charge in [-0.15, -0.1) is 11.8 Å². The molecule has 0 aliphatic rings. The van der Waals surface area contributed by atoms with E-state index in [-0.39, 0.29) is 11.3 Å². The molecule has 4 N–H and O–H groups in total. The lowest BCUT2D eigenvalue weighted by Gasteiger charge is -2.25. The summed E-state index contributed by atoms with van der Waals surface area (Å²) in [5.74, 6) is 0.119. The van der Waals surface area contributed by atoms with Crippen LogP contribution in [-0.2, 0) is 10.9 Å². The fourth-order valence-corrected chi connectivity index (χ4v) is 2.50. The van der Waals surface area contributed by atoms with Crippen LogP contribution in [0.25, 0.3) is 0 Å². The van der Waals surface area contributed by atoms with Gasteiger partial charge in [0.25, 0.3) is 0 Å². The molecule has 0 saturated heterocycles. The Hall–Kier alpha value is -1.45. The summed E-state index contributed by atoms with van der Waals surface area (Å²) in [5.41, 5.74) is 5.12. The Morgan fingerprint density at radius 2 is 2.14 bits per heavy atom. The SMILES string of the molecule is COC(C)(N)SCC(NC(=O)O)c1cccc(C(F)(F)F)c1. The van der Waals surface area contributed by atoms with Crippen molar-refractivity contribution in [2.45, 2.75) is 24.2 Å². The Balaban J connectivity index is 2.99. The van der Waals surface area contributed by atoms with E-state index in [0.717, 1.165) is 23.9 Å². The number of hydrogen-bond acceptors (Lipinski definition) is 4. The number of thioether (sulfide) groups is 1. The summed E-state index contributed by atoms with van der Waals surface area (Å²) in [6, 6.07) is 3.66. The van der Waals surface area contributed by atoms with E-state index in [1.54, 1.807) is 6.92 Å². The number of nitrogens with two attached hydrogens (primary N) is 1. The second kappa shape index (κ2) is 7.21. The van der Waals surface area contributed by atoms with Crippen LogP contribution in [0.15, 0.2) is 24.3 Å². The average molecular weight is 338 g/mol. The van der Waals surface area contributed by atoms with Crippen molar-refractivity contribution in [3.05, 3.63) is 35.4 Å². The van der Waals surface area contributed by atoms with E-state index in [4.69, 9.17) is 15.6 Å². The minimum atomic E-state index is -4.49. The summed E-state index contributed by atoms with van der Waals surface area (Å²) < 4.78 is 43.2. The van der Waals surface area contributed by atoms with Gasteiger partial charge in [-0.2, -0.15) is 13.2 Å². The van der Waals surface area contributed by atoms with Crippen molar-refractivity contribution in [1.82, 2.24) is 5.32 Å². The molecule has 2 unspecified atom stereocenters. The first kappa shape index (κ1) is 18.6. The Bertz CT molecular complexity index is 523. The first-order valence-electron chi connectivity index (χ1n) is 6.20. The molecule has 124 valence electrons. The molecular weight excluding hydrogens is 321 g/mol. The lowest BCUT2D eigenvalue weighted by atomic mass is 10.0. The third kappa shape index (κ3) is 5.74. The summed E-state index contributed by atoms with van der Waals surface area (Å²) in [7, 11) is 1.39. The Kier molecular flexibility index (Phi) is 6.09. The second-order valence-corrected chi connectivity index (χ2v) is 6.09. The van der Waals surface area contributed by atoms with Crippen LogP contribution in [0, 0.1) is 0 Å². The normalized spacial score (nSPS) is 15.9. The van der Waals surface area contributed by atoms with Crippen molar-refractivity contribution < 1.29 is 27.8 Å². The molecule has 0 bridgehead atoms. The molecule has 1 aromatic rings. The molecule has 0 spiro atoms. The largest absolute Gasteiger partial charge is 0.465 e. The number of hydrogen-bond donors (Lipinski definition) is 3. The van der Waals surface area contributed by atoms with E-state index in [1.807, 2.05) is 0 Å². The van der Waals surface area contributed by atoms with Gasteiger partial charge in [0.1, 0.15) is 0 Å². The van der Waals surface area contributed by atoms with Gasteiger partial charge in [0, 0.05) is 12.9 Å². The Morgan fingerprint density at radius 3 is 2.64 bits per heavy atom. The molecule has 2 atom stereocenters. The third-order valence-electron chi connectivity index (χ3n) is 2.86. The van der Waals surface area contributed by atoms with Crippen LogP contribution in [-0.4, -0.2) is 29.1 Å². The van der Waals surface area contributed by atoms with Crippen LogP contribution in [0.2, 0.25) is 0 Å². The summed E-state index contributed by atoms with van der Waals surface area (Å²) in [5, 5.41) is 9.98. The molecule has 9 heteroatoms. The zero-order valence-corrected chi connectivity index (χ0v) is 12.8. The number of amides is 1. The fourth-order valence-electron chi connectivity index (χ4n) is 1.61. The highest BCUT2D eigenvalue weighted by molar-refractivity contribution is 8.00. The van der Waals surface area contributed by atoms with Crippen molar-refractivity contribution in [1.29, 1.82) is 0 Å². The fraction of sp³-hybridized carbons (Fsp3) is 0.462. The predicted molar refractivity (Wildman–Crippen MR) is 77.4 cm³/mol. The van der Waals surface area contributed by atoms with Gasteiger partial charge < -0.3 is 15.2 Å². The van der Waals surface area contributed by atoms with Crippen molar-refractivity contribution in [3.8, 4) is 0 Å². The van der Waals surface area contributed by atoms with E-state index in [2.05, 4.69) is 5.32 Å². The summed E-state index contributed by atoms with van der Waals surface area (Å²) in [4.78, 5) is 10.9. The number of benzene rings is 1. The van der Waals surface area contributed by atoms with Crippen molar-refractivity contribution >= 4 is 17.9 Å². The maximum atomic E-state index is 12.7. The van der Waals surface area contributed by atoms with Gasteiger partial charge in [0.05, 0.1) is 11.6 Å². The average Bonchev–Trinajstić information content (AvgIpc) is 2.42. The van der Waals surface area contributed by atoms with Crippen LogP contribution in [0.3, 0.4) is 0 Å². The van der Waals surface area contributed by atoms with Gasteiger partial charge in [0.15, 0.2) is 5.06 Å². The first-order valence-corrected chi connectivity index (χ1v) is 7.18. The molecule has 1 aromatic carbocycles. The molecule has 1 amide bonds. The number of methoxy groups -OCH3 is 1. The minimum absolute atomic E-state index is 0.119. The van der Waals surface area contributed by atoms with E-state index in [1.165, 1.54) is 19.2 Å². The van der Waals surface area contributed by atoms with E-state index in [0.29, 0.717) is 0 Å². The summed E-state index contributed by atoms with van der Waals surface area (Å²) in [6.07, 6.45) is -5.83. The smallest absolute Gasteiger partial charge is 0.416 e. The van der Waals surface area contributed by atoms with E-state index in [9.17, 15) is 18.0 Å². The Labute approximate surface area is 130 Å². The summed E-state index contributed by atoms with van der Waals surface area (Å²) >= 11 is 1.09. The third-order valence-corrected chi connectivity index (χ3v) is 4.10. The lowest BCUT2D eigenvalue weighted by molar-refractivity contribution is -0.137. The van der Waals surface area contributed by atoms with Gasteiger partial charge in [-0.25, -0.2) is 4.79 Å². The van der Waals surface area contributed by atoms with Gasteiger partial charge in [-0.3, -0.25) is 5.73 Å². The molecule has 0 radical (unpaired) electrons. The van der Waals surface area contributed by atoms with Crippen molar-refractivity contribution in [3.63, 3.8) is 0 Å². The van der Waals surface area contributed by atoms with Crippen LogP contribution in [0.4, 0.5) is 18.0 Å². The topological polar surface area (TPSA) is 84.6 Å². The molecule has 22 heavy (non-hydrogen) atoms. The molecule has 1 rings (SSSR count). The quantitative estimate of drug-likeness (QED) is 0.694. The van der Waals surface area contributed by atoms with Gasteiger partial charge >= 0.3 is 12.3 Å². The monoisotopic (exact) mass is 338 g/mol. The zero-order valence-electron chi connectivity index (χ0n) is 12.0. The maximum Gasteiger partial charge on any atom is 0.416 e. The van der Waals surface area contributed by atoms with Gasteiger partial charge in [0.2, 0.25) is 0 Å². The molecular formula is C13H17F3N2O3S. The number of rotatable bonds is 6. The summed E-state index contributed by atoms with van der Waals surface area (Å²) in [6.45, 7) is 1.57. The number of nitrogens with one attached hydrogen (secondary N) is 1. The first-order chi connectivity index (χ1) is 10.0. The highest BCUT2D eigenvalue weighted by atomic mass is 32.2. The maximum absolute atomic E-state index is 12.7. The number of alkyl halides is 3. The lowest BCUT2D eigenvalue weighted by Crippen LogP contribution is -2.37. The predicted octanol–water partition coefficient (Wildman–Crippen LogP) is 3.03. The van der Waals surface area contributed by atoms with E-state index >= 15 is 0 Å². The second-order valence-electron chi connectivity index (χ2n) is 4.66. The van der Waals surface area contributed by atoms with Crippen LogP contribution in [0.1, 0.15) is 24.1 Å². The van der Waals surface area contributed by atoms with Crippen LogP contribution >= 0.6 is 11.8 Å². The molecule has 0 aliphatic heterocycles. The number of halogens is 3. The molecule has 5 nitrogen and oxygen atoms in total. The zero-order chi connectivity index (χ0) is 17.0. The number of carbonyl (C=O) groups is 1. The Morgan fingerprint density at radius 1 is 1.50 bits per heavy atom. The van der Waals surface area contributed by atoms with Gasteiger partial charge in [-0.1, -0.05) is 12.1 Å². The van der Waals surface area contributed by atoms with Crippen LogP contribution < -0.4 is 11.1 Å². The standard InChI is InChI=1S/C13H17F3N2O3S/c1-12(17,21-2)22-7-10(18-11(19)20)8-4-3-5-9(6-8)13(14,15)16/h3-6,10,18H,7,17H2,1-2H3,(H,19,20). The van der Waals surface area contributed by atoms with Crippen molar-refractivity contribution in [2.75, 3.05) is 12.9 Å². The highest BCUT2D eigenvalue weighted by Gasteiger charge is 2.31. The van der Waals surface area contributed by atoms with Gasteiger partial charge in [-0.05, 0) is 24.6 Å². The van der Waals surface area contributed by atoms with E-state index < -0.39 is 28.9 Å². The molecule has 0 heterocycles. The van der Waals surface area contributed by atoms with Crippen molar-refractivity contribution in [2.24, 2.45) is 5.73 Å². The minimum Gasteiger partial charge on any atom is -0.465 e. The molecule has 0 aliphatic carbocycles.